The van der Waals surface area contributed by atoms with Crippen LogP contribution in [0.3, 0.4) is 0 Å². The number of amides is 1. The standard InChI is InChI=1S/C24H17ClF3N3OS2/c25-16-10-9-14(24(26,27)28)11-17(16)31-21(32)20(13-5-2-1-3-6-13)34-23-19-15-7-4-8-18(15)33-22(19)29-12-30-23/h1-3,5-6,9-12,20H,4,7-8H2,(H,31,32)/t20-/m0/s1. The van der Waals surface area contributed by atoms with Crippen LogP contribution in [0, 0.1) is 0 Å². The van der Waals surface area contributed by atoms with Crippen LogP contribution in [0.1, 0.15) is 33.2 Å². The number of aromatic nitrogens is 2. The van der Waals surface area contributed by atoms with E-state index >= 15 is 0 Å². The lowest BCUT2D eigenvalue weighted by atomic mass is 10.1. The molecular weight excluding hydrogens is 503 g/mol. The Balaban J connectivity index is 1.51. The van der Waals surface area contributed by atoms with Crippen molar-refractivity contribution in [1.29, 1.82) is 0 Å². The van der Waals surface area contributed by atoms with E-state index in [4.69, 9.17) is 11.6 Å². The smallest absolute Gasteiger partial charge is 0.323 e. The summed E-state index contributed by atoms with van der Waals surface area (Å²) in [7, 11) is 0. The highest BCUT2D eigenvalue weighted by molar-refractivity contribution is 8.00. The topological polar surface area (TPSA) is 54.9 Å². The third kappa shape index (κ3) is 4.52. The number of thioether (sulfide) groups is 1. The van der Waals surface area contributed by atoms with E-state index in [2.05, 4.69) is 15.3 Å². The van der Waals surface area contributed by atoms with Gasteiger partial charge in [-0.15, -0.1) is 11.3 Å². The SMILES string of the molecule is O=C(Nc1cc(C(F)(F)F)ccc1Cl)[C@@H](Sc1ncnc2sc3c(c12)CCC3)c1ccccc1. The van der Waals surface area contributed by atoms with Crippen molar-refractivity contribution >= 4 is 56.5 Å². The van der Waals surface area contributed by atoms with Gasteiger partial charge in [-0.05, 0) is 48.6 Å². The number of thiophene rings is 1. The van der Waals surface area contributed by atoms with E-state index in [0.29, 0.717) is 10.6 Å². The van der Waals surface area contributed by atoms with Crippen LogP contribution < -0.4 is 5.32 Å². The molecule has 10 heteroatoms. The third-order valence-electron chi connectivity index (χ3n) is 5.59. The molecule has 0 saturated carbocycles. The Morgan fingerprint density at radius 3 is 2.68 bits per heavy atom. The van der Waals surface area contributed by atoms with E-state index in [1.807, 2.05) is 18.2 Å². The molecule has 0 aliphatic heterocycles. The van der Waals surface area contributed by atoms with E-state index in [1.165, 1.54) is 28.5 Å². The molecule has 0 spiro atoms. The number of alkyl halides is 3. The zero-order chi connectivity index (χ0) is 23.9. The summed E-state index contributed by atoms with van der Waals surface area (Å²) >= 11 is 9.03. The normalized spacial score (nSPS) is 14.2. The first-order chi connectivity index (χ1) is 16.3. The molecule has 34 heavy (non-hydrogen) atoms. The second kappa shape index (κ2) is 9.20. The summed E-state index contributed by atoms with van der Waals surface area (Å²) in [4.78, 5) is 24.5. The van der Waals surface area contributed by atoms with E-state index in [1.54, 1.807) is 23.5 Å². The van der Waals surface area contributed by atoms with Gasteiger partial charge in [0.05, 0.1) is 16.3 Å². The number of aryl methyl sites for hydroxylation is 2. The van der Waals surface area contributed by atoms with Crippen LogP contribution in [0.25, 0.3) is 10.2 Å². The molecule has 2 heterocycles. The van der Waals surface area contributed by atoms with Gasteiger partial charge in [0, 0.05) is 10.3 Å². The second-order valence-electron chi connectivity index (χ2n) is 7.81. The van der Waals surface area contributed by atoms with Crippen molar-refractivity contribution in [2.24, 2.45) is 0 Å². The Morgan fingerprint density at radius 1 is 1.12 bits per heavy atom. The molecule has 1 atom stereocenters. The Bertz CT molecular complexity index is 1380. The van der Waals surface area contributed by atoms with Gasteiger partial charge in [0.1, 0.15) is 21.4 Å². The molecule has 2 aromatic heterocycles. The van der Waals surface area contributed by atoms with E-state index in [-0.39, 0.29) is 10.7 Å². The minimum absolute atomic E-state index is 0.0262. The summed E-state index contributed by atoms with van der Waals surface area (Å²) in [6, 6.07) is 11.9. The van der Waals surface area contributed by atoms with Gasteiger partial charge < -0.3 is 5.32 Å². The van der Waals surface area contributed by atoms with Gasteiger partial charge in [-0.25, -0.2) is 9.97 Å². The Labute approximate surface area is 206 Å². The Morgan fingerprint density at radius 2 is 1.91 bits per heavy atom. The monoisotopic (exact) mass is 519 g/mol. The predicted octanol–water partition coefficient (Wildman–Crippen LogP) is 7.32. The number of fused-ring (bicyclic) bond motifs is 3. The minimum atomic E-state index is -4.55. The summed E-state index contributed by atoms with van der Waals surface area (Å²) in [6.07, 6.45) is -0.0360. The number of carbonyl (C=O) groups excluding carboxylic acids is 1. The number of carbonyl (C=O) groups is 1. The number of halogens is 4. The maximum atomic E-state index is 13.4. The molecule has 0 bridgehead atoms. The first-order valence-electron chi connectivity index (χ1n) is 10.5. The average Bonchev–Trinajstić information content (AvgIpc) is 3.40. The summed E-state index contributed by atoms with van der Waals surface area (Å²) in [5.74, 6) is -0.490. The van der Waals surface area contributed by atoms with E-state index in [9.17, 15) is 18.0 Å². The molecule has 4 nitrogen and oxygen atoms in total. The molecule has 1 aliphatic rings. The molecule has 1 N–H and O–H groups in total. The first-order valence-corrected chi connectivity index (χ1v) is 12.5. The number of rotatable bonds is 5. The number of benzene rings is 2. The van der Waals surface area contributed by atoms with Crippen molar-refractivity contribution in [3.05, 3.63) is 81.4 Å². The first kappa shape index (κ1) is 23.1. The number of nitrogens with one attached hydrogen (secondary N) is 1. The zero-order valence-electron chi connectivity index (χ0n) is 17.5. The molecule has 0 radical (unpaired) electrons. The molecule has 0 unspecified atom stereocenters. The van der Waals surface area contributed by atoms with Crippen molar-refractivity contribution in [3.63, 3.8) is 0 Å². The highest BCUT2D eigenvalue weighted by atomic mass is 35.5. The molecule has 4 aromatic rings. The van der Waals surface area contributed by atoms with Crippen LogP contribution in [0.15, 0.2) is 59.9 Å². The van der Waals surface area contributed by atoms with Gasteiger partial charge in [0.15, 0.2) is 0 Å². The summed E-state index contributed by atoms with van der Waals surface area (Å²) < 4.78 is 39.6. The number of nitrogens with zero attached hydrogens (tertiary/aromatic N) is 2. The molecule has 1 amide bonds. The number of hydrogen-bond acceptors (Lipinski definition) is 5. The maximum absolute atomic E-state index is 13.4. The van der Waals surface area contributed by atoms with Gasteiger partial charge >= 0.3 is 6.18 Å². The quantitative estimate of drug-likeness (QED) is 0.221. The molecular formula is C24H17ClF3N3OS2. The zero-order valence-corrected chi connectivity index (χ0v) is 19.9. The summed E-state index contributed by atoms with van der Waals surface area (Å²) in [5, 5.41) is 3.52. The van der Waals surface area contributed by atoms with Crippen LogP contribution >= 0.6 is 34.7 Å². The summed E-state index contributed by atoms with van der Waals surface area (Å²) in [5.41, 5.74) is 0.956. The molecule has 5 rings (SSSR count). The Hall–Kier alpha value is -2.62. The molecule has 0 saturated heterocycles. The lowest BCUT2D eigenvalue weighted by Gasteiger charge is -2.18. The highest BCUT2D eigenvalue weighted by Crippen LogP contribution is 2.44. The lowest BCUT2D eigenvalue weighted by Crippen LogP contribution is -2.20. The molecule has 174 valence electrons. The highest BCUT2D eigenvalue weighted by Gasteiger charge is 2.32. The van der Waals surface area contributed by atoms with Crippen LogP contribution in [-0.4, -0.2) is 15.9 Å². The van der Waals surface area contributed by atoms with Crippen molar-refractivity contribution in [2.45, 2.75) is 35.7 Å². The van der Waals surface area contributed by atoms with Crippen molar-refractivity contribution in [3.8, 4) is 0 Å². The van der Waals surface area contributed by atoms with Crippen molar-refractivity contribution in [2.75, 3.05) is 5.32 Å². The van der Waals surface area contributed by atoms with Gasteiger partial charge in [-0.1, -0.05) is 53.7 Å². The van der Waals surface area contributed by atoms with E-state index < -0.39 is 22.9 Å². The van der Waals surface area contributed by atoms with Gasteiger partial charge in [0.2, 0.25) is 5.91 Å². The van der Waals surface area contributed by atoms with Gasteiger partial charge in [-0.3, -0.25) is 4.79 Å². The second-order valence-corrected chi connectivity index (χ2v) is 10.4. The van der Waals surface area contributed by atoms with Gasteiger partial charge in [0.25, 0.3) is 0 Å². The maximum Gasteiger partial charge on any atom is 0.416 e. The fraction of sp³-hybridized carbons (Fsp3) is 0.208. The molecule has 1 aliphatic carbocycles. The van der Waals surface area contributed by atoms with Crippen LogP contribution in [0.2, 0.25) is 5.02 Å². The fourth-order valence-corrected chi connectivity index (χ4v) is 6.58. The van der Waals surface area contributed by atoms with Crippen molar-refractivity contribution in [1.82, 2.24) is 9.97 Å². The largest absolute Gasteiger partial charge is 0.416 e. The van der Waals surface area contributed by atoms with Gasteiger partial charge in [-0.2, -0.15) is 13.2 Å². The molecule has 0 fully saturated rings. The van der Waals surface area contributed by atoms with Crippen LogP contribution in [0.4, 0.5) is 18.9 Å². The fourth-order valence-electron chi connectivity index (χ4n) is 4.00. The summed E-state index contributed by atoms with van der Waals surface area (Å²) in [6.45, 7) is 0. The number of hydrogen-bond donors (Lipinski definition) is 1. The minimum Gasteiger partial charge on any atom is -0.323 e. The van der Waals surface area contributed by atoms with Crippen LogP contribution in [0.5, 0.6) is 0 Å². The van der Waals surface area contributed by atoms with Crippen LogP contribution in [-0.2, 0) is 23.8 Å². The number of anilines is 1. The molecule has 2 aromatic carbocycles. The van der Waals surface area contributed by atoms with Crippen molar-refractivity contribution < 1.29 is 18.0 Å². The third-order valence-corrected chi connectivity index (χ3v) is 8.37. The Kier molecular flexibility index (Phi) is 6.26. The average molecular weight is 520 g/mol. The van der Waals surface area contributed by atoms with E-state index in [0.717, 1.165) is 47.7 Å². The lowest BCUT2D eigenvalue weighted by molar-refractivity contribution is -0.137. The predicted molar refractivity (Wildman–Crippen MR) is 130 cm³/mol.